The molecule has 128 valence electrons. The normalized spacial score (nSPS) is 14.6. The number of aryl methyl sites for hydroxylation is 2. The Morgan fingerprint density at radius 2 is 2.04 bits per heavy atom. The summed E-state index contributed by atoms with van der Waals surface area (Å²) in [5.74, 6) is 0.0496. The SMILES string of the molecule is CC(Sc1nc2sc3c(c2c(=O)n1C)CCC3)C(=O)c1ccccc1. The number of aromatic nitrogens is 2. The number of hydrogen-bond acceptors (Lipinski definition) is 5. The van der Waals surface area contributed by atoms with Crippen LogP contribution in [0.25, 0.3) is 10.2 Å². The number of nitrogens with zero attached hydrogens (tertiary/aromatic N) is 2. The number of thiophene rings is 1. The van der Waals surface area contributed by atoms with Crippen LogP contribution in [0, 0.1) is 0 Å². The first kappa shape index (κ1) is 16.5. The lowest BCUT2D eigenvalue weighted by Crippen LogP contribution is -2.22. The number of rotatable bonds is 4. The topological polar surface area (TPSA) is 52.0 Å². The Kier molecular flexibility index (Phi) is 4.25. The Morgan fingerprint density at radius 1 is 1.28 bits per heavy atom. The first-order chi connectivity index (χ1) is 12.1. The van der Waals surface area contributed by atoms with Gasteiger partial charge >= 0.3 is 0 Å². The van der Waals surface area contributed by atoms with Crippen LogP contribution in [0.1, 0.15) is 34.1 Å². The highest BCUT2D eigenvalue weighted by molar-refractivity contribution is 8.00. The van der Waals surface area contributed by atoms with Crippen molar-refractivity contribution in [1.29, 1.82) is 0 Å². The number of carbonyl (C=O) groups excluding carboxylic acids is 1. The third-order valence-corrected chi connectivity index (χ3v) is 6.94. The van der Waals surface area contributed by atoms with E-state index in [0.29, 0.717) is 10.7 Å². The summed E-state index contributed by atoms with van der Waals surface area (Å²) in [6.45, 7) is 1.87. The molecule has 0 fully saturated rings. The van der Waals surface area contributed by atoms with Gasteiger partial charge in [-0.15, -0.1) is 11.3 Å². The summed E-state index contributed by atoms with van der Waals surface area (Å²) in [6, 6.07) is 9.25. The van der Waals surface area contributed by atoms with Gasteiger partial charge in [-0.25, -0.2) is 4.98 Å². The van der Waals surface area contributed by atoms with Gasteiger partial charge in [0.25, 0.3) is 5.56 Å². The zero-order valence-electron chi connectivity index (χ0n) is 14.1. The van der Waals surface area contributed by atoms with E-state index in [1.54, 1.807) is 23.0 Å². The van der Waals surface area contributed by atoms with Crippen molar-refractivity contribution in [2.24, 2.45) is 7.05 Å². The van der Waals surface area contributed by atoms with Crippen molar-refractivity contribution >= 4 is 39.1 Å². The number of hydrogen-bond donors (Lipinski definition) is 0. The second kappa shape index (κ2) is 6.42. The summed E-state index contributed by atoms with van der Waals surface area (Å²) in [5.41, 5.74) is 1.88. The Bertz CT molecular complexity index is 1020. The predicted molar refractivity (Wildman–Crippen MR) is 103 cm³/mol. The van der Waals surface area contributed by atoms with Crippen LogP contribution in [0.4, 0.5) is 0 Å². The van der Waals surface area contributed by atoms with Gasteiger partial charge in [0.15, 0.2) is 10.9 Å². The summed E-state index contributed by atoms with van der Waals surface area (Å²) in [5, 5.41) is 1.09. The van der Waals surface area contributed by atoms with Crippen LogP contribution >= 0.6 is 23.1 Å². The minimum atomic E-state index is -0.301. The van der Waals surface area contributed by atoms with E-state index in [9.17, 15) is 9.59 Å². The minimum absolute atomic E-state index is 0.00580. The molecular weight excluding hydrogens is 352 g/mol. The molecule has 0 amide bonds. The van der Waals surface area contributed by atoms with Gasteiger partial charge in [-0.2, -0.15) is 0 Å². The fourth-order valence-electron chi connectivity index (χ4n) is 3.26. The number of fused-ring (bicyclic) bond motifs is 3. The molecule has 0 spiro atoms. The van der Waals surface area contributed by atoms with E-state index in [4.69, 9.17) is 4.98 Å². The van der Waals surface area contributed by atoms with Crippen molar-refractivity contribution in [1.82, 2.24) is 9.55 Å². The van der Waals surface area contributed by atoms with Crippen molar-refractivity contribution in [3.63, 3.8) is 0 Å². The summed E-state index contributed by atoms with van der Waals surface area (Å²) in [7, 11) is 1.75. The van der Waals surface area contributed by atoms with E-state index in [0.717, 1.165) is 29.5 Å². The molecule has 0 aliphatic heterocycles. The third-order valence-electron chi connectivity index (χ3n) is 4.62. The first-order valence-electron chi connectivity index (χ1n) is 8.33. The molecule has 0 radical (unpaired) electrons. The largest absolute Gasteiger partial charge is 0.293 e. The van der Waals surface area contributed by atoms with Crippen molar-refractivity contribution < 1.29 is 4.79 Å². The van der Waals surface area contributed by atoms with E-state index in [1.165, 1.54) is 22.2 Å². The molecule has 2 heterocycles. The van der Waals surface area contributed by atoms with E-state index < -0.39 is 0 Å². The molecule has 0 saturated carbocycles. The Balaban J connectivity index is 1.69. The molecule has 1 unspecified atom stereocenters. The molecule has 1 aliphatic carbocycles. The average molecular weight is 370 g/mol. The summed E-state index contributed by atoms with van der Waals surface area (Å²) in [6.07, 6.45) is 3.14. The highest BCUT2D eigenvalue weighted by atomic mass is 32.2. The molecule has 25 heavy (non-hydrogen) atoms. The zero-order chi connectivity index (χ0) is 17.6. The van der Waals surface area contributed by atoms with Gasteiger partial charge < -0.3 is 0 Å². The molecule has 1 aromatic carbocycles. The lowest BCUT2D eigenvalue weighted by atomic mass is 10.1. The Morgan fingerprint density at radius 3 is 2.80 bits per heavy atom. The average Bonchev–Trinajstić information content (AvgIpc) is 3.20. The maximum Gasteiger partial charge on any atom is 0.262 e. The van der Waals surface area contributed by atoms with E-state index >= 15 is 0 Å². The molecule has 3 aromatic rings. The summed E-state index contributed by atoms with van der Waals surface area (Å²) < 4.78 is 1.59. The van der Waals surface area contributed by atoms with Crippen LogP contribution in [0.2, 0.25) is 0 Å². The molecule has 0 N–H and O–H groups in total. The standard InChI is InChI=1S/C19H18N2O2S2/c1-11(16(22)12-7-4-3-5-8-12)24-19-20-17-15(18(23)21(19)2)13-9-6-10-14(13)25-17/h3-5,7-8,11H,6,9-10H2,1-2H3. The number of benzene rings is 1. The number of Topliss-reactive ketones (excluding diaryl/α,β-unsaturated/α-hetero) is 1. The van der Waals surface area contributed by atoms with Gasteiger partial charge in [0, 0.05) is 17.5 Å². The van der Waals surface area contributed by atoms with Crippen molar-refractivity contribution in [3.05, 3.63) is 56.7 Å². The van der Waals surface area contributed by atoms with Crippen LogP contribution in [0.3, 0.4) is 0 Å². The number of carbonyl (C=O) groups is 1. The van der Waals surface area contributed by atoms with Crippen LogP contribution in [-0.4, -0.2) is 20.6 Å². The predicted octanol–water partition coefficient (Wildman–Crippen LogP) is 3.85. The van der Waals surface area contributed by atoms with Crippen molar-refractivity contribution in [2.45, 2.75) is 36.6 Å². The lowest BCUT2D eigenvalue weighted by molar-refractivity contribution is 0.0994. The molecule has 4 rings (SSSR count). The highest BCUT2D eigenvalue weighted by Crippen LogP contribution is 2.36. The molecule has 1 atom stereocenters. The Labute approximate surface area is 153 Å². The van der Waals surface area contributed by atoms with Gasteiger partial charge in [-0.3, -0.25) is 14.2 Å². The number of ketones is 1. The molecule has 0 saturated heterocycles. The first-order valence-corrected chi connectivity index (χ1v) is 10.0. The molecule has 0 bridgehead atoms. The smallest absolute Gasteiger partial charge is 0.262 e. The molecule has 4 nitrogen and oxygen atoms in total. The maximum absolute atomic E-state index is 12.8. The summed E-state index contributed by atoms with van der Waals surface area (Å²) >= 11 is 2.98. The van der Waals surface area contributed by atoms with Crippen LogP contribution in [0.5, 0.6) is 0 Å². The Hall–Kier alpha value is -1.92. The molecular formula is C19H18N2O2S2. The second-order valence-corrected chi connectivity index (χ2v) is 8.68. The van der Waals surface area contributed by atoms with E-state index in [1.807, 2.05) is 37.3 Å². The highest BCUT2D eigenvalue weighted by Gasteiger charge is 2.24. The fraction of sp³-hybridized carbons (Fsp3) is 0.316. The van der Waals surface area contributed by atoms with Gasteiger partial charge in [0.05, 0.1) is 10.6 Å². The summed E-state index contributed by atoms with van der Waals surface area (Å²) in [4.78, 5) is 32.2. The maximum atomic E-state index is 12.8. The molecule has 1 aliphatic rings. The molecule has 2 aromatic heterocycles. The minimum Gasteiger partial charge on any atom is -0.293 e. The van der Waals surface area contributed by atoms with Gasteiger partial charge in [0.1, 0.15) is 4.83 Å². The lowest BCUT2D eigenvalue weighted by Gasteiger charge is -2.12. The number of thioether (sulfide) groups is 1. The van der Waals surface area contributed by atoms with Gasteiger partial charge in [-0.1, -0.05) is 42.1 Å². The van der Waals surface area contributed by atoms with Crippen molar-refractivity contribution in [3.8, 4) is 0 Å². The van der Waals surface area contributed by atoms with Crippen LogP contribution < -0.4 is 5.56 Å². The van der Waals surface area contributed by atoms with E-state index in [2.05, 4.69) is 0 Å². The molecule has 6 heteroatoms. The van der Waals surface area contributed by atoms with E-state index in [-0.39, 0.29) is 16.6 Å². The monoisotopic (exact) mass is 370 g/mol. The van der Waals surface area contributed by atoms with Crippen molar-refractivity contribution in [2.75, 3.05) is 0 Å². The fourth-order valence-corrected chi connectivity index (χ4v) is 5.51. The van der Waals surface area contributed by atoms with Crippen LogP contribution in [0.15, 0.2) is 40.3 Å². The quantitative estimate of drug-likeness (QED) is 0.398. The van der Waals surface area contributed by atoms with Gasteiger partial charge in [-0.05, 0) is 31.7 Å². The van der Waals surface area contributed by atoms with Crippen LogP contribution in [-0.2, 0) is 19.9 Å². The van der Waals surface area contributed by atoms with Gasteiger partial charge in [0.2, 0.25) is 0 Å². The second-order valence-electron chi connectivity index (χ2n) is 6.29. The zero-order valence-corrected chi connectivity index (χ0v) is 15.7. The third kappa shape index (κ3) is 2.83.